The predicted octanol–water partition coefficient (Wildman–Crippen LogP) is 3.67. The molecule has 4 rings (SSSR count). The first-order chi connectivity index (χ1) is 14.1. The van der Waals surface area contributed by atoms with Gasteiger partial charge in [0.15, 0.2) is 11.5 Å². The van der Waals surface area contributed by atoms with Crippen molar-refractivity contribution >= 4 is 23.2 Å². The van der Waals surface area contributed by atoms with Crippen molar-refractivity contribution in [1.29, 1.82) is 0 Å². The van der Waals surface area contributed by atoms with Gasteiger partial charge in [-0.1, -0.05) is 17.7 Å². The Labute approximate surface area is 167 Å². The second-order valence-electron chi connectivity index (χ2n) is 6.56. The van der Waals surface area contributed by atoms with Crippen molar-refractivity contribution in [3.05, 3.63) is 77.6 Å². The molecule has 0 fully saturated rings. The molecule has 1 aromatic heterocycles. The van der Waals surface area contributed by atoms with E-state index in [4.69, 9.17) is 9.47 Å². The van der Waals surface area contributed by atoms with Crippen molar-refractivity contribution in [2.75, 3.05) is 23.8 Å². The Kier molecular flexibility index (Phi) is 5.11. The van der Waals surface area contributed by atoms with Crippen molar-refractivity contribution < 1.29 is 19.1 Å². The highest BCUT2D eigenvalue weighted by Gasteiger charge is 2.15. The van der Waals surface area contributed by atoms with Crippen LogP contribution in [0.2, 0.25) is 0 Å². The molecule has 0 saturated carbocycles. The molecule has 3 aromatic rings. The van der Waals surface area contributed by atoms with Gasteiger partial charge in [-0.2, -0.15) is 0 Å². The fourth-order valence-corrected chi connectivity index (χ4v) is 2.85. The molecule has 0 unspecified atom stereocenters. The second kappa shape index (κ2) is 8.02. The number of hydrogen-bond donors (Lipinski definition) is 2. The molecule has 0 aliphatic carbocycles. The minimum atomic E-state index is -0.386. The maximum absolute atomic E-state index is 12.6. The Morgan fingerprint density at radius 1 is 0.828 bits per heavy atom. The van der Waals surface area contributed by atoms with E-state index in [0.717, 1.165) is 5.56 Å². The summed E-state index contributed by atoms with van der Waals surface area (Å²) in [6.07, 6.45) is 1.43. The standard InChI is InChI=1S/C22H19N3O4/c1-14-2-4-16(5-3-14)24-22(27)18-12-15(8-9-23-18)21(26)25-17-6-7-19-20(13-17)29-11-10-28-19/h2-9,12-13H,10-11H2,1H3,(H,24,27)(H,25,26). The average molecular weight is 389 g/mol. The Balaban J connectivity index is 1.47. The third kappa shape index (κ3) is 4.35. The minimum Gasteiger partial charge on any atom is -0.486 e. The van der Waals surface area contributed by atoms with Gasteiger partial charge >= 0.3 is 0 Å². The number of anilines is 2. The number of nitrogens with one attached hydrogen (secondary N) is 2. The van der Waals surface area contributed by atoms with Crippen molar-refractivity contribution in [2.45, 2.75) is 6.92 Å². The molecule has 0 atom stereocenters. The third-order valence-electron chi connectivity index (χ3n) is 4.36. The van der Waals surface area contributed by atoms with Crippen molar-refractivity contribution in [3.8, 4) is 11.5 Å². The molecule has 2 N–H and O–H groups in total. The Morgan fingerprint density at radius 3 is 2.31 bits per heavy atom. The highest BCUT2D eigenvalue weighted by molar-refractivity contribution is 6.07. The van der Waals surface area contributed by atoms with Gasteiger partial charge in [0.1, 0.15) is 18.9 Å². The smallest absolute Gasteiger partial charge is 0.274 e. The number of nitrogens with zero attached hydrogens (tertiary/aromatic N) is 1. The maximum Gasteiger partial charge on any atom is 0.274 e. The summed E-state index contributed by atoms with van der Waals surface area (Å²) >= 11 is 0. The van der Waals surface area contributed by atoms with Crippen LogP contribution >= 0.6 is 0 Å². The van der Waals surface area contributed by atoms with Crippen LogP contribution < -0.4 is 20.1 Å². The molecule has 29 heavy (non-hydrogen) atoms. The summed E-state index contributed by atoms with van der Waals surface area (Å²) in [4.78, 5) is 29.1. The van der Waals surface area contributed by atoms with Crippen LogP contribution in [0.5, 0.6) is 11.5 Å². The molecule has 7 heteroatoms. The number of benzene rings is 2. The van der Waals surface area contributed by atoms with E-state index in [1.54, 1.807) is 24.3 Å². The number of ether oxygens (including phenoxy) is 2. The molecule has 2 aromatic carbocycles. The number of aromatic nitrogens is 1. The van der Waals surface area contributed by atoms with E-state index >= 15 is 0 Å². The Hall–Kier alpha value is -3.87. The van der Waals surface area contributed by atoms with Gasteiger partial charge in [-0.25, -0.2) is 0 Å². The predicted molar refractivity (Wildman–Crippen MR) is 109 cm³/mol. The average Bonchev–Trinajstić information content (AvgIpc) is 2.75. The minimum absolute atomic E-state index is 0.153. The molecule has 0 radical (unpaired) electrons. The van der Waals surface area contributed by atoms with Gasteiger partial charge in [-0.15, -0.1) is 0 Å². The number of pyridine rings is 1. The van der Waals surface area contributed by atoms with E-state index in [0.29, 0.717) is 41.7 Å². The lowest BCUT2D eigenvalue weighted by Gasteiger charge is -2.19. The van der Waals surface area contributed by atoms with E-state index < -0.39 is 0 Å². The largest absolute Gasteiger partial charge is 0.486 e. The monoisotopic (exact) mass is 389 g/mol. The molecular formula is C22H19N3O4. The number of fused-ring (bicyclic) bond motifs is 1. The molecule has 2 amide bonds. The van der Waals surface area contributed by atoms with Crippen LogP contribution in [0.15, 0.2) is 60.8 Å². The van der Waals surface area contributed by atoms with Gasteiger partial charge in [0, 0.05) is 29.2 Å². The molecule has 0 bridgehead atoms. The van der Waals surface area contributed by atoms with Gasteiger partial charge in [-0.3, -0.25) is 14.6 Å². The molecule has 7 nitrogen and oxygen atoms in total. The number of aryl methyl sites for hydroxylation is 1. The number of carbonyl (C=O) groups is 2. The van der Waals surface area contributed by atoms with Gasteiger partial charge in [-0.05, 0) is 43.3 Å². The quantitative estimate of drug-likeness (QED) is 0.711. The first kappa shape index (κ1) is 18.5. The van der Waals surface area contributed by atoms with E-state index in [2.05, 4.69) is 15.6 Å². The highest BCUT2D eigenvalue weighted by Crippen LogP contribution is 2.32. The summed E-state index contributed by atoms with van der Waals surface area (Å²) in [6.45, 7) is 2.94. The van der Waals surface area contributed by atoms with Gasteiger partial charge in [0.2, 0.25) is 0 Å². The van der Waals surface area contributed by atoms with E-state index in [1.807, 2.05) is 31.2 Å². The number of hydrogen-bond acceptors (Lipinski definition) is 5. The van der Waals surface area contributed by atoms with Crippen LogP contribution in [0.1, 0.15) is 26.4 Å². The first-order valence-electron chi connectivity index (χ1n) is 9.13. The summed E-state index contributed by atoms with van der Waals surface area (Å²) in [6, 6.07) is 15.6. The molecule has 0 saturated heterocycles. The van der Waals surface area contributed by atoms with Crippen LogP contribution in [0.3, 0.4) is 0 Å². The van der Waals surface area contributed by atoms with Crippen molar-refractivity contribution in [2.24, 2.45) is 0 Å². The maximum atomic E-state index is 12.6. The number of rotatable bonds is 4. The van der Waals surface area contributed by atoms with Crippen LogP contribution in [-0.2, 0) is 0 Å². The topological polar surface area (TPSA) is 89.6 Å². The zero-order chi connectivity index (χ0) is 20.2. The number of amides is 2. The summed E-state index contributed by atoms with van der Waals surface area (Å²) in [5, 5.41) is 5.57. The summed E-state index contributed by atoms with van der Waals surface area (Å²) < 4.78 is 11.0. The van der Waals surface area contributed by atoms with Crippen LogP contribution in [0.4, 0.5) is 11.4 Å². The summed E-state index contributed by atoms with van der Waals surface area (Å²) in [7, 11) is 0. The zero-order valence-electron chi connectivity index (χ0n) is 15.8. The third-order valence-corrected chi connectivity index (χ3v) is 4.36. The van der Waals surface area contributed by atoms with Crippen molar-refractivity contribution in [1.82, 2.24) is 4.98 Å². The Bertz CT molecular complexity index is 1060. The van der Waals surface area contributed by atoms with Crippen LogP contribution in [0, 0.1) is 6.92 Å². The molecular weight excluding hydrogens is 370 g/mol. The lowest BCUT2D eigenvalue weighted by molar-refractivity contribution is 0.102. The van der Waals surface area contributed by atoms with Crippen molar-refractivity contribution in [3.63, 3.8) is 0 Å². The Morgan fingerprint density at radius 2 is 1.52 bits per heavy atom. The molecule has 1 aliphatic heterocycles. The SMILES string of the molecule is Cc1ccc(NC(=O)c2cc(C(=O)Nc3ccc4c(c3)OCCO4)ccn2)cc1. The van der Waals surface area contributed by atoms with Crippen LogP contribution in [0.25, 0.3) is 0 Å². The van der Waals surface area contributed by atoms with Gasteiger partial charge in [0.25, 0.3) is 11.8 Å². The fourth-order valence-electron chi connectivity index (χ4n) is 2.85. The van der Waals surface area contributed by atoms with Crippen LogP contribution in [-0.4, -0.2) is 30.0 Å². The van der Waals surface area contributed by atoms with E-state index in [-0.39, 0.29) is 17.5 Å². The second-order valence-corrected chi connectivity index (χ2v) is 6.56. The lowest BCUT2D eigenvalue weighted by Crippen LogP contribution is -2.18. The zero-order valence-corrected chi connectivity index (χ0v) is 15.8. The normalized spacial score (nSPS) is 12.2. The van der Waals surface area contributed by atoms with Gasteiger partial charge in [0.05, 0.1) is 0 Å². The molecule has 1 aliphatic rings. The van der Waals surface area contributed by atoms with E-state index in [1.165, 1.54) is 12.3 Å². The van der Waals surface area contributed by atoms with E-state index in [9.17, 15) is 9.59 Å². The number of carbonyl (C=O) groups excluding carboxylic acids is 2. The fraction of sp³-hybridized carbons (Fsp3) is 0.136. The lowest BCUT2D eigenvalue weighted by atomic mass is 10.2. The first-order valence-corrected chi connectivity index (χ1v) is 9.13. The summed E-state index contributed by atoms with van der Waals surface area (Å²) in [5.74, 6) is 0.492. The van der Waals surface area contributed by atoms with Gasteiger partial charge < -0.3 is 20.1 Å². The molecule has 146 valence electrons. The summed E-state index contributed by atoms with van der Waals surface area (Å²) in [5.41, 5.74) is 2.80. The molecule has 0 spiro atoms. The highest BCUT2D eigenvalue weighted by atomic mass is 16.6. The molecule has 2 heterocycles.